The fraction of sp³-hybridized carbons (Fsp3) is 0.542. The number of likely N-dealkylation sites (tertiary alicyclic amines) is 1. The van der Waals surface area contributed by atoms with Crippen molar-refractivity contribution < 1.29 is 23.9 Å². The van der Waals surface area contributed by atoms with Gasteiger partial charge in [-0.05, 0) is 45.6 Å². The van der Waals surface area contributed by atoms with Crippen molar-refractivity contribution in [3.63, 3.8) is 0 Å². The van der Waals surface area contributed by atoms with Crippen LogP contribution in [0.1, 0.15) is 45.6 Å². The molecule has 0 spiro atoms. The maximum Gasteiger partial charge on any atom is 0.410 e. The smallest absolute Gasteiger partial charge is 0.410 e. The Morgan fingerprint density at radius 2 is 1.91 bits per heavy atom. The fourth-order valence-electron chi connectivity index (χ4n) is 3.87. The molecule has 0 bridgehead atoms. The van der Waals surface area contributed by atoms with Crippen LogP contribution < -0.4 is 5.32 Å². The van der Waals surface area contributed by atoms with Crippen molar-refractivity contribution >= 4 is 18.1 Å². The second-order valence-electron chi connectivity index (χ2n) is 9.18. The number of alkyl carbamates (subject to hydrolysis) is 1. The van der Waals surface area contributed by atoms with Crippen molar-refractivity contribution in [2.24, 2.45) is 0 Å². The van der Waals surface area contributed by atoms with E-state index in [1.807, 2.05) is 63.3 Å². The van der Waals surface area contributed by atoms with E-state index in [-0.39, 0.29) is 24.6 Å². The molecule has 1 fully saturated rings. The summed E-state index contributed by atoms with van der Waals surface area (Å²) in [4.78, 5) is 41.5. The number of benzene rings is 1. The van der Waals surface area contributed by atoms with E-state index in [0.717, 1.165) is 18.4 Å². The molecular weight excluding hydrogens is 410 g/mol. The molecule has 0 saturated carbocycles. The zero-order valence-electron chi connectivity index (χ0n) is 19.1. The fourth-order valence-corrected chi connectivity index (χ4v) is 3.87. The third-order valence-corrected chi connectivity index (χ3v) is 5.42. The van der Waals surface area contributed by atoms with Crippen LogP contribution in [0.5, 0.6) is 0 Å². The number of carbonyl (C=O) groups excluding carboxylic acids is 3. The van der Waals surface area contributed by atoms with E-state index in [4.69, 9.17) is 9.47 Å². The van der Waals surface area contributed by atoms with Gasteiger partial charge in [-0.3, -0.25) is 4.79 Å². The van der Waals surface area contributed by atoms with Gasteiger partial charge in [-0.1, -0.05) is 42.5 Å². The highest BCUT2D eigenvalue weighted by Crippen LogP contribution is 2.21. The van der Waals surface area contributed by atoms with Gasteiger partial charge in [0.05, 0.1) is 0 Å². The molecule has 8 heteroatoms. The van der Waals surface area contributed by atoms with E-state index >= 15 is 0 Å². The van der Waals surface area contributed by atoms with Crippen LogP contribution in [-0.2, 0) is 20.9 Å². The molecule has 1 aromatic rings. The summed E-state index contributed by atoms with van der Waals surface area (Å²) in [5.74, 6) is -0.164. The van der Waals surface area contributed by atoms with Gasteiger partial charge in [-0.2, -0.15) is 0 Å². The SMILES string of the molecule is CC(C)(C)OC(=O)N1CCC[C@@H](N2CC=CC[C@@H](NC(=O)OCc3ccccc3)C2=O)C1. The van der Waals surface area contributed by atoms with Crippen molar-refractivity contribution in [1.82, 2.24) is 15.1 Å². The van der Waals surface area contributed by atoms with Crippen LogP contribution in [0.3, 0.4) is 0 Å². The van der Waals surface area contributed by atoms with Gasteiger partial charge in [-0.15, -0.1) is 0 Å². The normalized spacial score (nSPS) is 21.7. The number of nitrogens with one attached hydrogen (secondary N) is 1. The van der Waals surface area contributed by atoms with Gasteiger partial charge in [0.2, 0.25) is 5.91 Å². The summed E-state index contributed by atoms with van der Waals surface area (Å²) in [6.07, 6.45) is 4.83. The molecule has 2 aliphatic rings. The lowest BCUT2D eigenvalue weighted by Crippen LogP contribution is -2.56. The summed E-state index contributed by atoms with van der Waals surface area (Å²) >= 11 is 0. The lowest BCUT2D eigenvalue weighted by Gasteiger charge is -2.40. The third kappa shape index (κ3) is 6.73. The van der Waals surface area contributed by atoms with Gasteiger partial charge in [0.25, 0.3) is 0 Å². The first kappa shape index (κ1) is 23.6. The van der Waals surface area contributed by atoms with E-state index in [1.165, 1.54) is 0 Å². The number of hydrogen-bond donors (Lipinski definition) is 1. The Balaban J connectivity index is 1.58. The second kappa shape index (κ2) is 10.5. The quantitative estimate of drug-likeness (QED) is 0.720. The monoisotopic (exact) mass is 443 g/mol. The first-order chi connectivity index (χ1) is 15.2. The van der Waals surface area contributed by atoms with Gasteiger partial charge in [0.15, 0.2) is 0 Å². The van der Waals surface area contributed by atoms with E-state index in [0.29, 0.717) is 26.1 Å². The molecule has 2 aliphatic heterocycles. The molecule has 1 N–H and O–H groups in total. The van der Waals surface area contributed by atoms with E-state index < -0.39 is 17.7 Å². The van der Waals surface area contributed by atoms with Gasteiger partial charge < -0.3 is 24.6 Å². The van der Waals surface area contributed by atoms with E-state index in [9.17, 15) is 14.4 Å². The Hall–Kier alpha value is -3.03. The zero-order chi connectivity index (χ0) is 23.1. The third-order valence-electron chi connectivity index (χ3n) is 5.42. The lowest BCUT2D eigenvalue weighted by atomic mass is 10.0. The largest absolute Gasteiger partial charge is 0.445 e. The van der Waals surface area contributed by atoms with Crippen LogP contribution >= 0.6 is 0 Å². The van der Waals surface area contributed by atoms with Crippen molar-refractivity contribution in [3.8, 4) is 0 Å². The number of ether oxygens (including phenoxy) is 2. The van der Waals surface area contributed by atoms with Crippen molar-refractivity contribution in [1.29, 1.82) is 0 Å². The minimum Gasteiger partial charge on any atom is -0.445 e. The molecule has 0 unspecified atom stereocenters. The van der Waals surface area contributed by atoms with Crippen molar-refractivity contribution in [2.45, 2.75) is 64.3 Å². The molecule has 3 amide bonds. The van der Waals surface area contributed by atoms with Crippen LogP contribution in [0, 0.1) is 0 Å². The van der Waals surface area contributed by atoms with Gasteiger partial charge >= 0.3 is 12.2 Å². The molecule has 0 aliphatic carbocycles. The number of hydrogen-bond acceptors (Lipinski definition) is 5. The molecule has 0 aromatic heterocycles. The highest BCUT2D eigenvalue weighted by molar-refractivity contribution is 5.86. The van der Waals surface area contributed by atoms with E-state index in [1.54, 1.807) is 9.80 Å². The molecule has 2 atom stereocenters. The van der Waals surface area contributed by atoms with Crippen LogP contribution in [-0.4, -0.2) is 65.2 Å². The number of rotatable bonds is 4. The molecule has 1 saturated heterocycles. The van der Waals surface area contributed by atoms with Crippen molar-refractivity contribution in [3.05, 3.63) is 48.0 Å². The second-order valence-corrected chi connectivity index (χ2v) is 9.18. The zero-order valence-corrected chi connectivity index (χ0v) is 19.1. The molecule has 3 rings (SSSR count). The summed E-state index contributed by atoms with van der Waals surface area (Å²) < 4.78 is 10.8. The van der Waals surface area contributed by atoms with Crippen LogP contribution in [0.4, 0.5) is 9.59 Å². The lowest BCUT2D eigenvalue weighted by molar-refractivity contribution is -0.136. The first-order valence-electron chi connectivity index (χ1n) is 11.1. The Morgan fingerprint density at radius 3 is 2.62 bits per heavy atom. The van der Waals surface area contributed by atoms with Crippen LogP contribution in [0.25, 0.3) is 0 Å². The van der Waals surface area contributed by atoms with Crippen molar-refractivity contribution in [2.75, 3.05) is 19.6 Å². The predicted molar refractivity (Wildman–Crippen MR) is 120 cm³/mol. The van der Waals surface area contributed by atoms with E-state index in [2.05, 4.69) is 5.32 Å². The van der Waals surface area contributed by atoms with Crippen LogP contribution in [0.2, 0.25) is 0 Å². The number of piperidine rings is 1. The topological polar surface area (TPSA) is 88.2 Å². The van der Waals surface area contributed by atoms with Crippen LogP contribution in [0.15, 0.2) is 42.5 Å². The Labute approximate surface area is 189 Å². The molecule has 0 radical (unpaired) electrons. The standard InChI is InChI=1S/C24H33N3O5/c1-24(2,3)32-23(30)26-14-9-12-19(16-26)27-15-8-7-13-20(21(27)28)25-22(29)31-17-18-10-5-4-6-11-18/h4-8,10-11,19-20H,9,12-17H2,1-3H3,(H,25,29)/t19-,20-/m1/s1. The first-order valence-corrected chi connectivity index (χ1v) is 11.1. The molecule has 2 heterocycles. The molecule has 32 heavy (non-hydrogen) atoms. The molecule has 8 nitrogen and oxygen atoms in total. The number of nitrogens with zero attached hydrogens (tertiary/aromatic N) is 2. The average Bonchev–Trinajstić information content (AvgIpc) is 2.93. The Morgan fingerprint density at radius 1 is 1.16 bits per heavy atom. The summed E-state index contributed by atoms with van der Waals surface area (Å²) in [5.41, 5.74) is 0.307. The minimum atomic E-state index is -0.700. The highest BCUT2D eigenvalue weighted by Gasteiger charge is 2.35. The Bertz CT molecular complexity index is 834. The Kier molecular flexibility index (Phi) is 7.77. The maximum atomic E-state index is 13.2. The van der Waals surface area contributed by atoms with Gasteiger partial charge in [0.1, 0.15) is 18.2 Å². The summed E-state index contributed by atoms with van der Waals surface area (Å²) in [6, 6.07) is 8.55. The predicted octanol–water partition coefficient (Wildman–Crippen LogP) is 3.47. The molecular formula is C24H33N3O5. The highest BCUT2D eigenvalue weighted by atomic mass is 16.6. The summed E-state index contributed by atoms with van der Waals surface area (Å²) in [7, 11) is 0. The summed E-state index contributed by atoms with van der Waals surface area (Å²) in [6.45, 7) is 7.12. The van der Waals surface area contributed by atoms with Gasteiger partial charge in [0, 0.05) is 25.7 Å². The molecule has 174 valence electrons. The minimum absolute atomic E-state index is 0.129. The van der Waals surface area contributed by atoms with Gasteiger partial charge in [-0.25, -0.2) is 9.59 Å². The number of amides is 3. The number of carbonyl (C=O) groups is 3. The summed E-state index contributed by atoms with van der Waals surface area (Å²) in [5, 5.41) is 2.70. The average molecular weight is 444 g/mol. The molecule has 1 aromatic carbocycles. The maximum absolute atomic E-state index is 13.2.